The summed E-state index contributed by atoms with van der Waals surface area (Å²) >= 11 is 18.1. The number of benzene rings is 2. The zero-order valence-electron chi connectivity index (χ0n) is 10.5. The molecule has 0 saturated carbocycles. The van der Waals surface area contributed by atoms with Gasteiger partial charge in [-0.3, -0.25) is 0 Å². The molecule has 0 amide bonds. The first-order valence-corrected chi connectivity index (χ1v) is 7.19. The van der Waals surface area contributed by atoms with Crippen molar-refractivity contribution in [1.82, 2.24) is 5.32 Å². The van der Waals surface area contributed by atoms with E-state index in [0.717, 1.165) is 22.7 Å². The summed E-state index contributed by atoms with van der Waals surface area (Å²) in [6.45, 7) is 2.91. The Bertz CT molecular complexity index is 569. The minimum atomic E-state index is 0.0541. The third-order valence-corrected chi connectivity index (χ3v) is 3.84. The van der Waals surface area contributed by atoms with Crippen LogP contribution in [0.1, 0.15) is 24.1 Å². The molecule has 100 valence electrons. The van der Waals surface area contributed by atoms with E-state index in [9.17, 15) is 0 Å². The van der Waals surface area contributed by atoms with Crippen molar-refractivity contribution in [2.45, 2.75) is 13.0 Å². The van der Waals surface area contributed by atoms with Crippen LogP contribution in [-0.4, -0.2) is 6.54 Å². The zero-order chi connectivity index (χ0) is 13.8. The van der Waals surface area contributed by atoms with Crippen LogP contribution < -0.4 is 5.32 Å². The Morgan fingerprint density at radius 3 is 2.32 bits per heavy atom. The van der Waals surface area contributed by atoms with Gasteiger partial charge in [0.2, 0.25) is 0 Å². The fourth-order valence-electron chi connectivity index (χ4n) is 2.01. The molecule has 2 aromatic carbocycles. The van der Waals surface area contributed by atoms with Gasteiger partial charge in [-0.1, -0.05) is 59.9 Å². The maximum atomic E-state index is 6.09. The van der Waals surface area contributed by atoms with E-state index in [2.05, 4.69) is 12.2 Å². The van der Waals surface area contributed by atoms with E-state index < -0.39 is 0 Å². The van der Waals surface area contributed by atoms with Crippen LogP contribution in [0.15, 0.2) is 42.5 Å². The van der Waals surface area contributed by atoms with E-state index >= 15 is 0 Å². The van der Waals surface area contributed by atoms with Crippen molar-refractivity contribution >= 4 is 34.8 Å². The molecule has 19 heavy (non-hydrogen) atoms. The SMILES string of the molecule is CCNC(c1cccc(Cl)c1)c1ccc(Cl)c(Cl)c1. The first kappa shape index (κ1) is 14.7. The van der Waals surface area contributed by atoms with Crippen molar-refractivity contribution < 1.29 is 0 Å². The Morgan fingerprint density at radius 2 is 1.68 bits per heavy atom. The number of halogens is 3. The summed E-state index contributed by atoms with van der Waals surface area (Å²) < 4.78 is 0. The van der Waals surface area contributed by atoms with Crippen LogP contribution in [0.5, 0.6) is 0 Å². The van der Waals surface area contributed by atoms with Crippen molar-refractivity contribution in [1.29, 1.82) is 0 Å². The number of nitrogens with one attached hydrogen (secondary N) is 1. The smallest absolute Gasteiger partial charge is 0.0595 e. The Kier molecular flexibility index (Phi) is 5.12. The van der Waals surface area contributed by atoms with Crippen LogP contribution in [0.4, 0.5) is 0 Å². The molecule has 0 spiro atoms. The number of rotatable bonds is 4. The lowest BCUT2D eigenvalue weighted by atomic mass is 9.99. The molecule has 1 atom stereocenters. The lowest BCUT2D eigenvalue weighted by Gasteiger charge is -2.19. The highest BCUT2D eigenvalue weighted by molar-refractivity contribution is 6.42. The van der Waals surface area contributed by atoms with Gasteiger partial charge < -0.3 is 5.32 Å². The zero-order valence-corrected chi connectivity index (χ0v) is 12.7. The van der Waals surface area contributed by atoms with Gasteiger partial charge >= 0.3 is 0 Å². The topological polar surface area (TPSA) is 12.0 Å². The highest BCUT2D eigenvalue weighted by atomic mass is 35.5. The first-order valence-electron chi connectivity index (χ1n) is 6.05. The molecule has 0 fully saturated rings. The molecule has 0 radical (unpaired) electrons. The molecular weight excluding hydrogens is 301 g/mol. The molecule has 0 aliphatic heterocycles. The van der Waals surface area contributed by atoms with E-state index in [1.54, 1.807) is 0 Å². The lowest BCUT2D eigenvalue weighted by molar-refractivity contribution is 0.631. The molecule has 2 rings (SSSR count). The summed E-state index contributed by atoms with van der Waals surface area (Å²) in [5.41, 5.74) is 2.17. The van der Waals surface area contributed by atoms with Crippen LogP contribution in [0.3, 0.4) is 0 Å². The van der Waals surface area contributed by atoms with E-state index in [0.29, 0.717) is 10.0 Å². The fraction of sp³-hybridized carbons (Fsp3) is 0.200. The second-order valence-electron chi connectivity index (χ2n) is 4.22. The minimum Gasteiger partial charge on any atom is -0.307 e. The predicted octanol–water partition coefficient (Wildman–Crippen LogP) is 5.35. The Balaban J connectivity index is 2.42. The molecule has 1 unspecified atom stereocenters. The average Bonchev–Trinajstić information content (AvgIpc) is 2.39. The van der Waals surface area contributed by atoms with Crippen molar-refractivity contribution in [2.75, 3.05) is 6.54 Å². The minimum absolute atomic E-state index is 0.0541. The van der Waals surface area contributed by atoms with Gasteiger partial charge in [-0.05, 0) is 41.9 Å². The third-order valence-electron chi connectivity index (χ3n) is 2.87. The lowest BCUT2D eigenvalue weighted by Crippen LogP contribution is -2.21. The standard InChI is InChI=1S/C15H14Cl3N/c1-2-19-15(10-4-3-5-12(16)8-10)11-6-7-13(17)14(18)9-11/h3-9,15,19H,2H2,1H3. The van der Waals surface area contributed by atoms with Gasteiger partial charge in [-0.15, -0.1) is 0 Å². The van der Waals surface area contributed by atoms with Crippen LogP contribution >= 0.6 is 34.8 Å². The van der Waals surface area contributed by atoms with E-state index in [-0.39, 0.29) is 6.04 Å². The molecule has 0 saturated heterocycles. The quantitative estimate of drug-likeness (QED) is 0.802. The molecule has 2 aromatic rings. The van der Waals surface area contributed by atoms with Crippen LogP contribution in [0.25, 0.3) is 0 Å². The van der Waals surface area contributed by atoms with Gasteiger partial charge in [0.05, 0.1) is 16.1 Å². The summed E-state index contributed by atoms with van der Waals surface area (Å²) in [7, 11) is 0. The number of hydrogen-bond acceptors (Lipinski definition) is 1. The summed E-state index contributed by atoms with van der Waals surface area (Å²) in [5.74, 6) is 0. The Morgan fingerprint density at radius 1 is 0.947 bits per heavy atom. The highest BCUT2D eigenvalue weighted by Crippen LogP contribution is 2.29. The maximum absolute atomic E-state index is 6.09. The van der Waals surface area contributed by atoms with Gasteiger partial charge in [0.1, 0.15) is 0 Å². The van der Waals surface area contributed by atoms with E-state index in [4.69, 9.17) is 34.8 Å². The molecule has 0 aliphatic rings. The van der Waals surface area contributed by atoms with E-state index in [1.165, 1.54) is 0 Å². The second kappa shape index (κ2) is 6.62. The first-order chi connectivity index (χ1) is 9.11. The molecule has 0 bridgehead atoms. The largest absolute Gasteiger partial charge is 0.307 e. The van der Waals surface area contributed by atoms with E-state index in [1.807, 2.05) is 42.5 Å². The third kappa shape index (κ3) is 3.64. The van der Waals surface area contributed by atoms with Crippen molar-refractivity contribution in [3.63, 3.8) is 0 Å². The Hall–Kier alpha value is -0.730. The van der Waals surface area contributed by atoms with Crippen molar-refractivity contribution in [3.05, 3.63) is 68.7 Å². The van der Waals surface area contributed by atoms with Gasteiger partial charge in [-0.2, -0.15) is 0 Å². The second-order valence-corrected chi connectivity index (χ2v) is 5.47. The van der Waals surface area contributed by atoms with Gasteiger partial charge in [0, 0.05) is 5.02 Å². The molecule has 0 aromatic heterocycles. The van der Waals surface area contributed by atoms with Crippen LogP contribution in [0, 0.1) is 0 Å². The summed E-state index contributed by atoms with van der Waals surface area (Å²) in [6, 6.07) is 13.5. The summed E-state index contributed by atoms with van der Waals surface area (Å²) in [4.78, 5) is 0. The van der Waals surface area contributed by atoms with Crippen molar-refractivity contribution in [2.24, 2.45) is 0 Å². The fourth-order valence-corrected chi connectivity index (χ4v) is 2.52. The van der Waals surface area contributed by atoms with Crippen LogP contribution in [0.2, 0.25) is 15.1 Å². The predicted molar refractivity (Wildman–Crippen MR) is 83.4 cm³/mol. The molecule has 0 heterocycles. The normalized spacial score (nSPS) is 12.4. The monoisotopic (exact) mass is 313 g/mol. The van der Waals surface area contributed by atoms with Gasteiger partial charge in [0.25, 0.3) is 0 Å². The molecule has 1 N–H and O–H groups in total. The Labute approximate surface area is 128 Å². The highest BCUT2D eigenvalue weighted by Gasteiger charge is 2.14. The molecule has 1 nitrogen and oxygen atoms in total. The van der Waals surface area contributed by atoms with Gasteiger partial charge in [0.15, 0.2) is 0 Å². The molecular formula is C15H14Cl3N. The maximum Gasteiger partial charge on any atom is 0.0595 e. The van der Waals surface area contributed by atoms with Crippen LogP contribution in [-0.2, 0) is 0 Å². The van der Waals surface area contributed by atoms with Gasteiger partial charge in [-0.25, -0.2) is 0 Å². The number of hydrogen-bond donors (Lipinski definition) is 1. The molecule has 0 aliphatic carbocycles. The summed E-state index contributed by atoms with van der Waals surface area (Å²) in [6.07, 6.45) is 0. The average molecular weight is 315 g/mol. The van der Waals surface area contributed by atoms with Crippen molar-refractivity contribution in [3.8, 4) is 0 Å². The summed E-state index contributed by atoms with van der Waals surface area (Å²) in [5, 5.41) is 5.27. The molecule has 4 heteroatoms.